The van der Waals surface area contributed by atoms with Crippen molar-refractivity contribution in [3.05, 3.63) is 91.0 Å². The Morgan fingerprint density at radius 1 is 0.632 bits per heavy atom. The predicted molar refractivity (Wildman–Crippen MR) is 150 cm³/mol. The minimum absolute atomic E-state index is 0.179. The Morgan fingerprint density at radius 2 is 1.13 bits per heavy atom. The number of hydrogen-bond donors (Lipinski definition) is 0. The van der Waals surface area contributed by atoms with E-state index in [0.717, 1.165) is 56.1 Å². The van der Waals surface area contributed by atoms with Gasteiger partial charge >= 0.3 is 0 Å². The van der Waals surface area contributed by atoms with Crippen LogP contribution in [-0.4, -0.2) is 60.4 Å². The van der Waals surface area contributed by atoms with E-state index in [4.69, 9.17) is 24.4 Å². The molecule has 0 N–H and O–H groups in total. The summed E-state index contributed by atoms with van der Waals surface area (Å²) in [6.45, 7) is 4.48. The molecule has 0 atom stereocenters. The fourth-order valence-electron chi connectivity index (χ4n) is 4.89. The van der Waals surface area contributed by atoms with Crippen LogP contribution in [0.25, 0.3) is 0 Å². The third-order valence-corrected chi connectivity index (χ3v) is 6.89. The highest BCUT2D eigenvalue weighted by molar-refractivity contribution is 5.73. The molecule has 2 fully saturated rings. The monoisotopic (exact) mass is 508 g/mol. The molecule has 2 aliphatic heterocycles. The zero-order chi connectivity index (χ0) is 25.6. The lowest BCUT2D eigenvalue weighted by Gasteiger charge is -2.34. The maximum absolute atomic E-state index is 6.23. The molecule has 6 rings (SSSR count). The van der Waals surface area contributed by atoms with Crippen molar-refractivity contribution in [3.63, 3.8) is 0 Å². The minimum Gasteiger partial charge on any atom is -0.490 e. The summed E-state index contributed by atoms with van der Waals surface area (Å²) in [7, 11) is 0. The Labute approximate surface area is 223 Å². The quantitative estimate of drug-likeness (QED) is 0.336. The van der Waals surface area contributed by atoms with E-state index in [1.165, 1.54) is 0 Å². The highest BCUT2D eigenvalue weighted by Crippen LogP contribution is 2.34. The molecule has 38 heavy (non-hydrogen) atoms. The van der Waals surface area contributed by atoms with Gasteiger partial charge in [-0.15, -0.1) is 0 Å². The molecule has 0 bridgehead atoms. The van der Waals surface area contributed by atoms with Gasteiger partial charge in [0.25, 0.3) is 0 Å². The molecule has 0 amide bonds. The maximum atomic E-state index is 6.23. The molecular formula is C30H32N6O2. The number of benzene rings is 3. The van der Waals surface area contributed by atoms with Gasteiger partial charge < -0.3 is 19.3 Å². The summed E-state index contributed by atoms with van der Waals surface area (Å²) in [6.07, 6.45) is 1.99. The van der Waals surface area contributed by atoms with Crippen molar-refractivity contribution in [2.75, 3.05) is 54.1 Å². The predicted octanol–water partition coefficient (Wildman–Crippen LogP) is 5.23. The molecule has 3 heterocycles. The number of anilines is 5. The Kier molecular flexibility index (Phi) is 7.31. The van der Waals surface area contributed by atoms with Crippen LogP contribution in [0.2, 0.25) is 0 Å². The molecule has 0 radical (unpaired) electrons. The first kappa shape index (κ1) is 24.2. The van der Waals surface area contributed by atoms with E-state index in [1.807, 2.05) is 66.7 Å². The second kappa shape index (κ2) is 11.5. The van der Waals surface area contributed by atoms with Gasteiger partial charge in [-0.1, -0.05) is 54.6 Å². The zero-order valence-electron chi connectivity index (χ0n) is 21.4. The van der Waals surface area contributed by atoms with Crippen molar-refractivity contribution < 1.29 is 9.47 Å². The molecule has 194 valence electrons. The van der Waals surface area contributed by atoms with Crippen LogP contribution >= 0.6 is 0 Å². The molecule has 4 aromatic rings. The second-order valence-electron chi connectivity index (χ2n) is 9.46. The fraction of sp³-hybridized carbons (Fsp3) is 0.300. The lowest BCUT2D eigenvalue weighted by atomic mass is 10.1. The van der Waals surface area contributed by atoms with Crippen LogP contribution in [0.4, 0.5) is 29.2 Å². The first-order chi connectivity index (χ1) is 18.8. The number of rotatable bonds is 7. The molecule has 8 nitrogen and oxygen atoms in total. The molecule has 2 saturated heterocycles. The van der Waals surface area contributed by atoms with Gasteiger partial charge in [0.2, 0.25) is 17.8 Å². The molecule has 8 heteroatoms. The van der Waals surface area contributed by atoms with Gasteiger partial charge in [-0.25, -0.2) is 0 Å². The average Bonchev–Trinajstić information content (AvgIpc) is 3.00. The van der Waals surface area contributed by atoms with Crippen molar-refractivity contribution in [3.8, 4) is 5.75 Å². The van der Waals surface area contributed by atoms with Crippen molar-refractivity contribution in [1.82, 2.24) is 15.0 Å². The zero-order valence-corrected chi connectivity index (χ0v) is 21.4. The van der Waals surface area contributed by atoms with Crippen LogP contribution in [0, 0.1) is 0 Å². The van der Waals surface area contributed by atoms with Gasteiger partial charge in [0, 0.05) is 50.4 Å². The van der Waals surface area contributed by atoms with Gasteiger partial charge in [0.05, 0.1) is 13.2 Å². The van der Waals surface area contributed by atoms with Gasteiger partial charge in [-0.2, -0.15) is 15.0 Å². The van der Waals surface area contributed by atoms with Gasteiger partial charge in [-0.3, -0.25) is 4.90 Å². The van der Waals surface area contributed by atoms with E-state index in [0.29, 0.717) is 31.1 Å². The van der Waals surface area contributed by atoms with E-state index in [-0.39, 0.29) is 6.10 Å². The number of morpholine rings is 1. The lowest BCUT2D eigenvalue weighted by molar-refractivity contribution is 0.122. The molecule has 2 aliphatic rings. The van der Waals surface area contributed by atoms with Crippen LogP contribution < -0.4 is 19.4 Å². The number of piperidine rings is 1. The Hall–Kier alpha value is -4.17. The third-order valence-electron chi connectivity index (χ3n) is 6.89. The van der Waals surface area contributed by atoms with Gasteiger partial charge in [-0.05, 0) is 36.4 Å². The Bertz CT molecular complexity index is 1250. The first-order valence-electron chi connectivity index (χ1n) is 13.3. The SMILES string of the molecule is c1ccc(OC2CCN(c3nc(N4CCOCC4)nc(N(c4ccccc4)c4ccccc4)n3)CC2)cc1. The van der Waals surface area contributed by atoms with E-state index in [2.05, 4.69) is 39.0 Å². The minimum atomic E-state index is 0.179. The number of nitrogens with zero attached hydrogens (tertiary/aromatic N) is 6. The van der Waals surface area contributed by atoms with E-state index in [1.54, 1.807) is 0 Å². The first-order valence-corrected chi connectivity index (χ1v) is 13.3. The second-order valence-corrected chi connectivity index (χ2v) is 9.46. The third kappa shape index (κ3) is 5.55. The standard InChI is InChI=1S/C30H32N6O2/c1-4-10-24(11-5-1)36(25-12-6-2-7-13-25)30-32-28(31-29(33-30)35-20-22-37-23-21-35)34-18-16-27(17-19-34)38-26-14-8-3-9-15-26/h1-15,27H,16-23H2. The number of ether oxygens (including phenoxy) is 2. The molecule has 1 aromatic heterocycles. The molecule has 0 unspecified atom stereocenters. The van der Waals surface area contributed by atoms with Crippen LogP contribution in [0.15, 0.2) is 91.0 Å². The summed E-state index contributed by atoms with van der Waals surface area (Å²) in [5.74, 6) is 2.92. The maximum Gasteiger partial charge on any atom is 0.241 e. The van der Waals surface area contributed by atoms with Gasteiger partial charge in [0.1, 0.15) is 11.9 Å². The molecule has 0 spiro atoms. The van der Waals surface area contributed by atoms with Crippen molar-refractivity contribution >= 4 is 29.2 Å². The highest BCUT2D eigenvalue weighted by atomic mass is 16.5. The highest BCUT2D eigenvalue weighted by Gasteiger charge is 2.26. The number of para-hydroxylation sites is 3. The van der Waals surface area contributed by atoms with Gasteiger partial charge in [0.15, 0.2) is 0 Å². The normalized spacial score (nSPS) is 16.3. The molecule has 3 aromatic carbocycles. The summed E-state index contributed by atoms with van der Waals surface area (Å²) in [4.78, 5) is 21.6. The average molecular weight is 509 g/mol. The van der Waals surface area contributed by atoms with E-state index >= 15 is 0 Å². The van der Waals surface area contributed by atoms with Crippen molar-refractivity contribution in [1.29, 1.82) is 0 Å². The smallest absolute Gasteiger partial charge is 0.241 e. The topological polar surface area (TPSA) is 66.8 Å². The van der Waals surface area contributed by atoms with Crippen LogP contribution in [0.1, 0.15) is 12.8 Å². The Morgan fingerprint density at radius 3 is 1.68 bits per heavy atom. The molecule has 0 saturated carbocycles. The van der Waals surface area contributed by atoms with E-state index < -0.39 is 0 Å². The summed E-state index contributed by atoms with van der Waals surface area (Å²) >= 11 is 0. The van der Waals surface area contributed by atoms with Crippen LogP contribution in [0.3, 0.4) is 0 Å². The Balaban J connectivity index is 1.32. The van der Waals surface area contributed by atoms with Crippen LogP contribution in [0.5, 0.6) is 5.75 Å². The van der Waals surface area contributed by atoms with Crippen molar-refractivity contribution in [2.45, 2.75) is 18.9 Å². The van der Waals surface area contributed by atoms with Crippen LogP contribution in [-0.2, 0) is 4.74 Å². The largest absolute Gasteiger partial charge is 0.490 e. The molecular weight excluding hydrogens is 476 g/mol. The fourth-order valence-corrected chi connectivity index (χ4v) is 4.89. The van der Waals surface area contributed by atoms with Crippen molar-refractivity contribution in [2.24, 2.45) is 0 Å². The number of hydrogen-bond acceptors (Lipinski definition) is 8. The van der Waals surface area contributed by atoms with E-state index in [9.17, 15) is 0 Å². The summed E-state index contributed by atoms with van der Waals surface area (Å²) in [6, 6.07) is 30.6. The summed E-state index contributed by atoms with van der Waals surface area (Å²) < 4.78 is 11.8. The number of aromatic nitrogens is 3. The lowest BCUT2D eigenvalue weighted by Crippen LogP contribution is -2.41. The summed E-state index contributed by atoms with van der Waals surface area (Å²) in [5.41, 5.74) is 2.00. The summed E-state index contributed by atoms with van der Waals surface area (Å²) in [5, 5.41) is 0. The molecule has 0 aliphatic carbocycles.